The van der Waals surface area contributed by atoms with E-state index in [1.54, 1.807) is 47.9 Å². The van der Waals surface area contributed by atoms with E-state index in [4.69, 9.17) is 0 Å². The van der Waals surface area contributed by atoms with E-state index >= 15 is 0 Å². The van der Waals surface area contributed by atoms with Crippen LogP contribution < -0.4 is 26.2 Å². The van der Waals surface area contributed by atoms with Gasteiger partial charge in [-0.05, 0) is 49.4 Å². The molecule has 1 aromatic heterocycles. The molecule has 3 N–H and O–H groups in total. The molecule has 2 aliphatic rings. The van der Waals surface area contributed by atoms with Gasteiger partial charge in [-0.2, -0.15) is 13.2 Å². The zero-order chi connectivity index (χ0) is 27.6. The third-order valence-corrected chi connectivity index (χ3v) is 6.86. The van der Waals surface area contributed by atoms with Gasteiger partial charge in [-0.1, -0.05) is 13.0 Å². The minimum absolute atomic E-state index is 0.0945. The summed E-state index contributed by atoms with van der Waals surface area (Å²) in [4.78, 5) is 25.4. The van der Waals surface area contributed by atoms with Crippen LogP contribution in [-0.2, 0) is 6.18 Å². The molecule has 0 radical (unpaired) electrons. The highest BCUT2D eigenvalue weighted by Gasteiger charge is 2.32. The van der Waals surface area contributed by atoms with Gasteiger partial charge in [0, 0.05) is 67.3 Å². The van der Waals surface area contributed by atoms with Gasteiger partial charge in [0.2, 0.25) is 0 Å². The van der Waals surface area contributed by atoms with E-state index in [9.17, 15) is 18.0 Å². The summed E-state index contributed by atoms with van der Waals surface area (Å²) in [7, 11) is 0. The number of amides is 1. The van der Waals surface area contributed by atoms with Crippen molar-refractivity contribution in [3.05, 3.63) is 83.6 Å². The first-order chi connectivity index (χ1) is 18.7. The van der Waals surface area contributed by atoms with Crippen molar-refractivity contribution < 1.29 is 18.0 Å². The summed E-state index contributed by atoms with van der Waals surface area (Å²) in [5, 5.41) is 4.39. The number of halogens is 3. The van der Waals surface area contributed by atoms with Gasteiger partial charge >= 0.3 is 6.18 Å². The van der Waals surface area contributed by atoms with E-state index < -0.39 is 17.6 Å². The molecule has 1 amide bonds. The van der Waals surface area contributed by atoms with Gasteiger partial charge < -0.3 is 20.5 Å². The molecule has 2 aromatic carbocycles. The average Bonchev–Trinajstić information content (AvgIpc) is 3.43. The van der Waals surface area contributed by atoms with E-state index in [0.717, 1.165) is 48.6 Å². The van der Waals surface area contributed by atoms with Crippen molar-refractivity contribution in [3.63, 3.8) is 0 Å². The number of nitrogens with one attached hydrogen (secondary N) is 3. The quantitative estimate of drug-likeness (QED) is 0.434. The van der Waals surface area contributed by atoms with Crippen LogP contribution in [0.2, 0.25) is 0 Å². The molecule has 39 heavy (non-hydrogen) atoms. The Hall–Kier alpha value is -4.16. The monoisotopic (exact) mass is 538 g/mol. The topological polar surface area (TPSA) is 88.7 Å². The second-order valence-electron chi connectivity index (χ2n) is 9.42. The Balaban J connectivity index is 1.38. The molecule has 204 valence electrons. The number of hydrogen-bond acceptors (Lipinski definition) is 8. The number of nitrogens with zero attached hydrogens (tertiary/aromatic N) is 5. The summed E-state index contributed by atoms with van der Waals surface area (Å²) in [5.74, 6) is -0.509. The number of piperazine rings is 1. The summed E-state index contributed by atoms with van der Waals surface area (Å²) in [6.07, 6.45) is 2.04. The highest BCUT2D eigenvalue weighted by Crippen LogP contribution is 2.35. The summed E-state index contributed by atoms with van der Waals surface area (Å²) < 4.78 is 41.2. The van der Waals surface area contributed by atoms with E-state index in [-0.39, 0.29) is 5.69 Å². The molecular weight excluding hydrogens is 509 g/mol. The zero-order valence-electron chi connectivity index (χ0n) is 21.6. The SMILES string of the molecule is CCN1CCN(c2cc(NC(=O)c3ccc(C)c(N4C=C(c5cncnc5)NN4)c3)cc(C(F)(F)F)c2)CC1. The number of aromatic nitrogens is 2. The third-order valence-electron chi connectivity index (χ3n) is 6.86. The maximum Gasteiger partial charge on any atom is 0.416 e. The van der Waals surface area contributed by atoms with Gasteiger partial charge in [-0.15, -0.1) is 5.53 Å². The fraction of sp³-hybridized carbons (Fsp3) is 0.296. The molecule has 2 aliphatic heterocycles. The molecule has 1 saturated heterocycles. The van der Waals surface area contributed by atoms with E-state index in [1.807, 2.05) is 11.8 Å². The Bertz CT molecular complexity index is 1370. The van der Waals surface area contributed by atoms with Crippen molar-refractivity contribution in [3.8, 4) is 0 Å². The second kappa shape index (κ2) is 10.9. The molecule has 3 heterocycles. The molecule has 0 atom stereocenters. The molecule has 12 heteroatoms. The normalized spacial score (nSPS) is 16.2. The van der Waals surface area contributed by atoms with Crippen LogP contribution in [0.4, 0.5) is 30.2 Å². The van der Waals surface area contributed by atoms with E-state index in [1.165, 1.54) is 6.33 Å². The van der Waals surface area contributed by atoms with Crippen LogP contribution in [0.3, 0.4) is 0 Å². The predicted octanol–water partition coefficient (Wildman–Crippen LogP) is 4.03. The maximum atomic E-state index is 13.7. The van der Waals surface area contributed by atoms with Crippen molar-refractivity contribution in [2.75, 3.05) is 47.9 Å². The summed E-state index contributed by atoms with van der Waals surface area (Å²) >= 11 is 0. The molecule has 0 saturated carbocycles. The van der Waals surface area contributed by atoms with Gasteiger partial charge in [-0.25, -0.2) is 9.97 Å². The van der Waals surface area contributed by atoms with Gasteiger partial charge in [0.25, 0.3) is 5.91 Å². The van der Waals surface area contributed by atoms with Crippen LogP contribution in [0, 0.1) is 6.92 Å². The van der Waals surface area contributed by atoms with Crippen molar-refractivity contribution in [1.82, 2.24) is 25.8 Å². The first-order valence-corrected chi connectivity index (χ1v) is 12.6. The summed E-state index contributed by atoms with van der Waals surface area (Å²) in [6.45, 7) is 7.63. The molecule has 3 aromatic rings. The lowest BCUT2D eigenvalue weighted by atomic mass is 10.1. The molecule has 0 spiro atoms. The lowest BCUT2D eigenvalue weighted by molar-refractivity contribution is -0.137. The number of hydrazine groups is 2. The van der Waals surface area contributed by atoms with Crippen molar-refractivity contribution in [1.29, 1.82) is 0 Å². The van der Waals surface area contributed by atoms with Gasteiger partial charge in [0.1, 0.15) is 6.33 Å². The average molecular weight is 539 g/mol. The standard InChI is InChI=1S/C27H29F3N8O/c1-3-36-6-8-37(9-7-36)23-12-21(27(28,29)30)11-22(13-23)33-26(39)19-5-4-18(2)25(10-19)38-16-24(34-35-38)20-14-31-17-32-15-20/h4-5,10-17,34-35H,3,6-9H2,1-2H3,(H,33,39). The highest BCUT2D eigenvalue weighted by atomic mass is 19.4. The largest absolute Gasteiger partial charge is 0.416 e. The van der Waals surface area contributed by atoms with Crippen LogP contribution in [-0.4, -0.2) is 53.5 Å². The molecular formula is C27H29F3N8O. The smallest absolute Gasteiger partial charge is 0.369 e. The molecule has 5 rings (SSSR count). The molecule has 0 aliphatic carbocycles. The number of likely N-dealkylation sites (N-methyl/N-ethyl adjacent to an activating group) is 1. The zero-order valence-corrected chi connectivity index (χ0v) is 21.6. The third kappa shape index (κ3) is 5.96. The minimum Gasteiger partial charge on any atom is -0.369 e. The van der Waals surface area contributed by atoms with Gasteiger partial charge in [0.05, 0.1) is 16.9 Å². The fourth-order valence-corrected chi connectivity index (χ4v) is 4.59. The Morgan fingerprint density at radius 1 is 1.05 bits per heavy atom. The first kappa shape index (κ1) is 26.4. The lowest BCUT2D eigenvalue weighted by Crippen LogP contribution is -2.46. The first-order valence-electron chi connectivity index (χ1n) is 12.6. The van der Waals surface area contributed by atoms with Crippen molar-refractivity contribution in [2.45, 2.75) is 20.0 Å². The van der Waals surface area contributed by atoms with Crippen LogP contribution in [0.25, 0.3) is 5.70 Å². The summed E-state index contributed by atoms with van der Waals surface area (Å²) in [6, 6.07) is 8.84. The molecule has 9 nitrogen and oxygen atoms in total. The number of anilines is 3. The summed E-state index contributed by atoms with van der Waals surface area (Å²) in [5.41, 5.74) is 9.20. The predicted molar refractivity (Wildman–Crippen MR) is 144 cm³/mol. The van der Waals surface area contributed by atoms with Gasteiger partial charge in [-0.3, -0.25) is 9.80 Å². The van der Waals surface area contributed by atoms with Crippen LogP contribution in [0.1, 0.15) is 34.0 Å². The van der Waals surface area contributed by atoms with E-state index in [0.29, 0.717) is 30.0 Å². The number of hydrogen-bond donors (Lipinski definition) is 3. The van der Waals surface area contributed by atoms with Crippen molar-refractivity contribution in [2.24, 2.45) is 0 Å². The second-order valence-corrected chi connectivity index (χ2v) is 9.42. The molecule has 0 unspecified atom stereocenters. The molecule has 0 bridgehead atoms. The van der Waals surface area contributed by atoms with Crippen LogP contribution >= 0.6 is 0 Å². The van der Waals surface area contributed by atoms with Crippen LogP contribution in [0.5, 0.6) is 0 Å². The molecule has 1 fully saturated rings. The lowest BCUT2D eigenvalue weighted by Gasteiger charge is -2.36. The maximum absolute atomic E-state index is 13.7. The van der Waals surface area contributed by atoms with Crippen molar-refractivity contribution >= 4 is 28.7 Å². The van der Waals surface area contributed by atoms with Crippen LogP contribution in [0.15, 0.2) is 61.3 Å². The highest BCUT2D eigenvalue weighted by molar-refractivity contribution is 6.05. The number of rotatable bonds is 6. The number of benzene rings is 2. The Labute approximate surface area is 224 Å². The number of aryl methyl sites for hydroxylation is 1. The number of alkyl halides is 3. The van der Waals surface area contributed by atoms with Gasteiger partial charge in [0.15, 0.2) is 0 Å². The Kier molecular flexibility index (Phi) is 7.40. The Morgan fingerprint density at radius 2 is 1.79 bits per heavy atom. The Morgan fingerprint density at radius 3 is 2.49 bits per heavy atom. The number of carbonyl (C=O) groups is 1. The van der Waals surface area contributed by atoms with E-state index in [2.05, 4.69) is 38.1 Å². The fourth-order valence-electron chi connectivity index (χ4n) is 4.59. The minimum atomic E-state index is -4.54. The number of carbonyl (C=O) groups excluding carboxylic acids is 1.